The summed E-state index contributed by atoms with van der Waals surface area (Å²) in [4.78, 5) is 4.19. The van der Waals surface area contributed by atoms with Crippen molar-refractivity contribution in [2.75, 3.05) is 5.43 Å². The third kappa shape index (κ3) is 1.50. The monoisotopic (exact) mass is 239 g/mol. The van der Waals surface area contributed by atoms with Gasteiger partial charge in [-0.25, -0.2) is 9.37 Å². The normalized spacial score (nSPS) is 10.8. The number of aromatic nitrogens is 1. The highest BCUT2D eigenvalue weighted by atomic mass is 35.5. The second-order valence-electron chi connectivity index (χ2n) is 3.59. The van der Waals surface area contributed by atoms with Crippen LogP contribution in [0.3, 0.4) is 0 Å². The van der Waals surface area contributed by atoms with Crippen LogP contribution in [0.1, 0.15) is 11.3 Å². The second kappa shape index (κ2) is 3.88. The maximum atomic E-state index is 13.6. The molecule has 1 heterocycles. The number of nitrogens with zero attached hydrogens (tertiary/aromatic N) is 1. The second-order valence-corrected chi connectivity index (χ2v) is 4.00. The summed E-state index contributed by atoms with van der Waals surface area (Å²) >= 11 is 6.04. The number of hydrazine groups is 1. The van der Waals surface area contributed by atoms with Crippen LogP contribution in [0, 0.1) is 19.7 Å². The molecule has 5 heteroatoms. The minimum Gasteiger partial charge on any atom is -0.323 e. The Balaban J connectivity index is 3.02. The Labute approximate surface area is 97.4 Å². The van der Waals surface area contributed by atoms with Crippen molar-refractivity contribution in [3.05, 3.63) is 34.2 Å². The van der Waals surface area contributed by atoms with Crippen molar-refractivity contribution < 1.29 is 4.39 Å². The van der Waals surface area contributed by atoms with Gasteiger partial charge in [-0.2, -0.15) is 0 Å². The summed E-state index contributed by atoms with van der Waals surface area (Å²) < 4.78 is 13.6. The fourth-order valence-corrected chi connectivity index (χ4v) is 1.94. The predicted molar refractivity (Wildman–Crippen MR) is 64.0 cm³/mol. The Morgan fingerprint density at radius 1 is 1.38 bits per heavy atom. The zero-order valence-corrected chi connectivity index (χ0v) is 9.69. The standard InChI is InChI=1S/C11H11ClFN3/c1-5-6(2)15-11-8(13)4-3-7(12)9(11)10(5)16-14/h3-4H,14H2,1-2H3,(H,15,16). The molecule has 1 aromatic carbocycles. The molecule has 3 nitrogen and oxygen atoms in total. The predicted octanol–water partition coefficient (Wildman–Crippen LogP) is 2.93. The molecule has 0 atom stereocenters. The molecule has 0 radical (unpaired) electrons. The number of halogens is 2. The number of fused-ring (bicyclic) bond motifs is 1. The molecular formula is C11H11ClFN3. The summed E-state index contributed by atoms with van der Waals surface area (Å²) in [5.74, 6) is 5.04. The number of hydrogen-bond acceptors (Lipinski definition) is 3. The first-order valence-corrected chi connectivity index (χ1v) is 5.15. The molecule has 0 aliphatic rings. The molecule has 2 rings (SSSR count). The molecule has 16 heavy (non-hydrogen) atoms. The van der Waals surface area contributed by atoms with Crippen LogP contribution >= 0.6 is 11.6 Å². The van der Waals surface area contributed by atoms with Crippen molar-refractivity contribution in [3.8, 4) is 0 Å². The van der Waals surface area contributed by atoms with Gasteiger partial charge in [-0.05, 0) is 31.5 Å². The van der Waals surface area contributed by atoms with E-state index in [1.165, 1.54) is 12.1 Å². The van der Waals surface area contributed by atoms with Crippen LogP contribution in [0.4, 0.5) is 10.1 Å². The van der Waals surface area contributed by atoms with E-state index in [0.29, 0.717) is 16.1 Å². The average Bonchev–Trinajstić information content (AvgIpc) is 2.26. The average molecular weight is 240 g/mol. The van der Waals surface area contributed by atoms with E-state index in [2.05, 4.69) is 10.4 Å². The van der Waals surface area contributed by atoms with Gasteiger partial charge in [0, 0.05) is 11.1 Å². The fraction of sp³-hybridized carbons (Fsp3) is 0.182. The zero-order chi connectivity index (χ0) is 11.9. The minimum absolute atomic E-state index is 0.239. The van der Waals surface area contributed by atoms with Gasteiger partial charge in [0.15, 0.2) is 0 Å². The summed E-state index contributed by atoms with van der Waals surface area (Å²) in [6, 6.07) is 2.79. The van der Waals surface area contributed by atoms with Crippen molar-refractivity contribution in [1.82, 2.24) is 4.98 Å². The highest BCUT2D eigenvalue weighted by molar-refractivity contribution is 6.36. The van der Waals surface area contributed by atoms with Gasteiger partial charge in [0.05, 0.1) is 10.7 Å². The lowest BCUT2D eigenvalue weighted by Crippen LogP contribution is -2.10. The number of hydrogen-bond donors (Lipinski definition) is 2. The van der Waals surface area contributed by atoms with Gasteiger partial charge in [0.2, 0.25) is 0 Å². The number of rotatable bonds is 1. The van der Waals surface area contributed by atoms with Gasteiger partial charge >= 0.3 is 0 Å². The number of benzene rings is 1. The summed E-state index contributed by atoms with van der Waals surface area (Å²) in [5.41, 5.74) is 5.00. The van der Waals surface area contributed by atoms with E-state index < -0.39 is 5.82 Å². The van der Waals surface area contributed by atoms with Crippen molar-refractivity contribution in [3.63, 3.8) is 0 Å². The highest BCUT2D eigenvalue weighted by Crippen LogP contribution is 2.33. The summed E-state index contributed by atoms with van der Waals surface area (Å²) in [7, 11) is 0. The molecule has 0 spiro atoms. The molecule has 1 aromatic heterocycles. The van der Waals surface area contributed by atoms with Crippen LogP contribution in [0.5, 0.6) is 0 Å². The van der Waals surface area contributed by atoms with E-state index in [1.807, 2.05) is 6.92 Å². The summed E-state index contributed by atoms with van der Waals surface area (Å²) in [6.07, 6.45) is 0. The number of nitrogens with one attached hydrogen (secondary N) is 1. The number of nitrogen functional groups attached to an aromatic ring is 1. The van der Waals surface area contributed by atoms with E-state index in [1.54, 1.807) is 6.92 Å². The van der Waals surface area contributed by atoms with E-state index in [4.69, 9.17) is 17.4 Å². The first kappa shape index (κ1) is 11.1. The quantitative estimate of drug-likeness (QED) is 0.594. The lowest BCUT2D eigenvalue weighted by Gasteiger charge is -2.13. The molecule has 0 saturated heterocycles. The van der Waals surface area contributed by atoms with Gasteiger partial charge in [0.1, 0.15) is 11.3 Å². The number of aryl methyl sites for hydroxylation is 1. The molecule has 0 bridgehead atoms. The number of nitrogens with two attached hydrogens (primary N) is 1. The molecule has 3 N–H and O–H groups in total. The van der Waals surface area contributed by atoms with Crippen LogP contribution in [-0.2, 0) is 0 Å². The van der Waals surface area contributed by atoms with Crippen molar-refractivity contribution in [2.24, 2.45) is 5.84 Å². The lowest BCUT2D eigenvalue weighted by atomic mass is 10.1. The Kier molecular flexibility index (Phi) is 2.69. The summed E-state index contributed by atoms with van der Waals surface area (Å²) in [6.45, 7) is 3.66. The molecule has 2 aromatic rings. The van der Waals surface area contributed by atoms with Gasteiger partial charge in [0.25, 0.3) is 0 Å². The zero-order valence-electron chi connectivity index (χ0n) is 8.94. The van der Waals surface area contributed by atoms with E-state index in [0.717, 1.165) is 11.3 Å². The molecule has 0 fully saturated rings. The van der Waals surface area contributed by atoms with Crippen LogP contribution in [-0.4, -0.2) is 4.98 Å². The third-order valence-electron chi connectivity index (χ3n) is 2.67. The van der Waals surface area contributed by atoms with Gasteiger partial charge in [-0.3, -0.25) is 5.84 Å². The van der Waals surface area contributed by atoms with Gasteiger partial charge in [-0.15, -0.1) is 0 Å². The molecule has 0 amide bonds. The van der Waals surface area contributed by atoms with Crippen molar-refractivity contribution in [1.29, 1.82) is 0 Å². The first-order valence-electron chi connectivity index (χ1n) is 4.77. The maximum Gasteiger partial charge on any atom is 0.149 e. The Morgan fingerprint density at radius 3 is 2.69 bits per heavy atom. The van der Waals surface area contributed by atoms with Gasteiger partial charge in [-0.1, -0.05) is 11.6 Å². The SMILES string of the molecule is Cc1nc2c(F)ccc(Cl)c2c(NN)c1C. The molecular weight excluding hydrogens is 229 g/mol. The van der Waals surface area contributed by atoms with Crippen LogP contribution < -0.4 is 11.3 Å². The number of pyridine rings is 1. The maximum absolute atomic E-state index is 13.6. The lowest BCUT2D eigenvalue weighted by molar-refractivity contribution is 0.636. The Morgan fingerprint density at radius 2 is 2.06 bits per heavy atom. The first-order chi connectivity index (χ1) is 7.56. The molecule has 0 aliphatic heterocycles. The highest BCUT2D eigenvalue weighted by Gasteiger charge is 2.14. The van der Waals surface area contributed by atoms with Crippen LogP contribution in [0.2, 0.25) is 5.02 Å². The van der Waals surface area contributed by atoms with Crippen LogP contribution in [0.15, 0.2) is 12.1 Å². The molecule has 0 unspecified atom stereocenters. The van der Waals surface area contributed by atoms with E-state index in [9.17, 15) is 4.39 Å². The van der Waals surface area contributed by atoms with Crippen molar-refractivity contribution in [2.45, 2.75) is 13.8 Å². The molecule has 0 saturated carbocycles. The van der Waals surface area contributed by atoms with Gasteiger partial charge < -0.3 is 5.43 Å². The molecule has 84 valence electrons. The van der Waals surface area contributed by atoms with E-state index in [-0.39, 0.29) is 5.52 Å². The molecule has 0 aliphatic carbocycles. The summed E-state index contributed by atoms with van der Waals surface area (Å²) in [5, 5.41) is 0.951. The number of anilines is 1. The van der Waals surface area contributed by atoms with E-state index >= 15 is 0 Å². The Hall–Kier alpha value is -1.39. The Bertz CT molecular complexity index is 569. The minimum atomic E-state index is -0.404. The van der Waals surface area contributed by atoms with Crippen molar-refractivity contribution >= 4 is 28.2 Å². The fourth-order valence-electron chi connectivity index (χ4n) is 1.69. The topological polar surface area (TPSA) is 50.9 Å². The third-order valence-corrected chi connectivity index (χ3v) is 2.98. The smallest absolute Gasteiger partial charge is 0.149 e. The largest absolute Gasteiger partial charge is 0.323 e. The van der Waals surface area contributed by atoms with Crippen LogP contribution in [0.25, 0.3) is 10.9 Å².